The highest BCUT2D eigenvalue weighted by molar-refractivity contribution is 9.10. The van der Waals surface area contributed by atoms with E-state index in [2.05, 4.69) is 43.1 Å². The summed E-state index contributed by atoms with van der Waals surface area (Å²) in [6.07, 6.45) is 0. The fraction of sp³-hybridized carbons (Fsp3) is 0.333. The second kappa shape index (κ2) is 4.83. The van der Waals surface area contributed by atoms with Crippen molar-refractivity contribution in [1.29, 1.82) is 0 Å². The summed E-state index contributed by atoms with van der Waals surface area (Å²) in [5.74, 6) is 7.23. The second-order valence-corrected chi connectivity index (χ2v) is 3.22. The quantitative estimate of drug-likeness (QED) is 0.634. The summed E-state index contributed by atoms with van der Waals surface area (Å²) < 4.78 is 0.784. The Bertz CT molecular complexity index is 331. The first-order valence-corrected chi connectivity index (χ1v) is 4.66. The highest BCUT2D eigenvalue weighted by Crippen LogP contribution is 2.11. The van der Waals surface area contributed by atoms with Gasteiger partial charge in [0, 0.05) is 6.07 Å². The molecule has 0 aromatic carbocycles. The summed E-state index contributed by atoms with van der Waals surface area (Å²) in [5.41, 5.74) is 0. The van der Waals surface area contributed by atoms with Crippen molar-refractivity contribution >= 4 is 21.7 Å². The third-order valence-electron chi connectivity index (χ3n) is 1.34. The third kappa shape index (κ3) is 3.43. The van der Waals surface area contributed by atoms with Crippen LogP contribution >= 0.6 is 15.9 Å². The molecule has 0 aliphatic heterocycles. The molecule has 0 amide bonds. The Kier molecular flexibility index (Phi) is 3.71. The van der Waals surface area contributed by atoms with Crippen LogP contribution in [-0.2, 0) is 0 Å². The van der Waals surface area contributed by atoms with Crippen LogP contribution in [0.3, 0.4) is 0 Å². The number of hydrogen-bond donors (Lipinski definition) is 1. The van der Waals surface area contributed by atoms with Crippen LogP contribution in [0.2, 0.25) is 0 Å². The average molecular weight is 240 g/mol. The molecule has 68 valence electrons. The minimum atomic E-state index is 0.611. The molecule has 0 radical (unpaired) electrons. The molecule has 1 heterocycles. The van der Waals surface area contributed by atoms with Gasteiger partial charge in [0.05, 0.1) is 6.54 Å². The van der Waals surface area contributed by atoms with Crippen LogP contribution in [0.1, 0.15) is 12.7 Å². The van der Waals surface area contributed by atoms with Crippen LogP contribution in [0.15, 0.2) is 10.7 Å². The summed E-state index contributed by atoms with van der Waals surface area (Å²) in [4.78, 5) is 8.28. The van der Waals surface area contributed by atoms with Gasteiger partial charge in [-0.2, -0.15) is 0 Å². The summed E-state index contributed by atoms with van der Waals surface area (Å²) >= 11 is 3.29. The lowest BCUT2D eigenvalue weighted by molar-refractivity contribution is 1.03. The maximum absolute atomic E-state index is 4.19. The van der Waals surface area contributed by atoms with Gasteiger partial charge in [0.1, 0.15) is 16.2 Å². The van der Waals surface area contributed by atoms with Gasteiger partial charge in [-0.15, -0.1) is 5.92 Å². The van der Waals surface area contributed by atoms with Crippen LogP contribution in [-0.4, -0.2) is 16.5 Å². The van der Waals surface area contributed by atoms with E-state index in [1.165, 1.54) is 0 Å². The lowest BCUT2D eigenvalue weighted by atomic mass is 10.5. The van der Waals surface area contributed by atoms with E-state index in [-0.39, 0.29) is 0 Å². The Morgan fingerprint density at radius 2 is 2.31 bits per heavy atom. The molecular weight excluding hydrogens is 230 g/mol. The number of halogens is 1. The number of nitrogens with zero attached hydrogens (tertiary/aromatic N) is 2. The smallest absolute Gasteiger partial charge is 0.131 e. The molecule has 1 aromatic rings. The predicted octanol–water partition coefficient (Wildman–Crippen LogP) is 1.98. The van der Waals surface area contributed by atoms with Crippen LogP contribution in [0, 0.1) is 18.8 Å². The summed E-state index contributed by atoms with van der Waals surface area (Å²) in [6, 6.07) is 1.82. The number of rotatable bonds is 2. The topological polar surface area (TPSA) is 37.8 Å². The lowest BCUT2D eigenvalue weighted by Gasteiger charge is -2.02. The van der Waals surface area contributed by atoms with E-state index in [0.29, 0.717) is 6.54 Å². The monoisotopic (exact) mass is 239 g/mol. The molecule has 4 heteroatoms. The maximum Gasteiger partial charge on any atom is 0.131 e. The largest absolute Gasteiger partial charge is 0.359 e. The van der Waals surface area contributed by atoms with E-state index < -0.39 is 0 Å². The number of nitrogens with one attached hydrogen (secondary N) is 1. The van der Waals surface area contributed by atoms with E-state index in [1.807, 2.05) is 19.9 Å². The molecule has 1 rings (SSSR count). The molecule has 0 bridgehead atoms. The Labute approximate surface area is 86.1 Å². The van der Waals surface area contributed by atoms with Gasteiger partial charge < -0.3 is 5.32 Å². The minimum Gasteiger partial charge on any atom is -0.359 e. The molecule has 0 saturated heterocycles. The Hall–Kier alpha value is -1.08. The molecule has 1 aromatic heterocycles. The molecule has 0 saturated carbocycles. The maximum atomic E-state index is 4.19. The van der Waals surface area contributed by atoms with E-state index in [9.17, 15) is 0 Å². The van der Waals surface area contributed by atoms with Crippen molar-refractivity contribution in [2.24, 2.45) is 0 Å². The first-order valence-electron chi connectivity index (χ1n) is 3.87. The number of anilines is 1. The zero-order valence-electron chi connectivity index (χ0n) is 7.56. The molecule has 0 aliphatic rings. The summed E-state index contributed by atoms with van der Waals surface area (Å²) in [7, 11) is 0. The average Bonchev–Trinajstić information content (AvgIpc) is 2.03. The molecule has 3 nitrogen and oxygen atoms in total. The van der Waals surface area contributed by atoms with Gasteiger partial charge in [-0.25, -0.2) is 9.97 Å². The van der Waals surface area contributed by atoms with Gasteiger partial charge in [0.2, 0.25) is 0 Å². The first-order chi connectivity index (χ1) is 6.22. The third-order valence-corrected chi connectivity index (χ3v) is 1.75. The van der Waals surface area contributed by atoms with Crippen molar-refractivity contribution < 1.29 is 0 Å². The normalized spacial score (nSPS) is 8.85. The Balaban J connectivity index is 2.69. The highest BCUT2D eigenvalue weighted by Gasteiger charge is 1.96. The molecule has 13 heavy (non-hydrogen) atoms. The minimum absolute atomic E-state index is 0.611. The summed E-state index contributed by atoms with van der Waals surface area (Å²) in [5, 5.41) is 3.07. The first kappa shape index (κ1) is 10.0. The van der Waals surface area contributed by atoms with E-state index in [0.717, 1.165) is 16.2 Å². The van der Waals surface area contributed by atoms with E-state index in [1.54, 1.807) is 0 Å². The molecule has 0 fully saturated rings. The van der Waals surface area contributed by atoms with Gasteiger partial charge >= 0.3 is 0 Å². The van der Waals surface area contributed by atoms with Crippen LogP contribution in [0.25, 0.3) is 0 Å². The molecule has 1 N–H and O–H groups in total. The van der Waals surface area contributed by atoms with Crippen molar-refractivity contribution in [3.8, 4) is 11.8 Å². The van der Waals surface area contributed by atoms with Crippen molar-refractivity contribution in [1.82, 2.24) is 9.97 Å². The second-order valence-electron chi connectivity index (χ2n) is 2.40. The molecule has 0 spiro atoms. The van der Waals surface area contributed by atoms with Crippen LogP contribution in [0.4, 0.5) is 5.82 Å². The number of hydrogen-bond acceptors (Lipinski definition) is 3. The van der Waals surface area contributed by atoms with Gasteiger partial charge in [-0.1, -0.05) is 5.92 Å². The zero-order valence-corrected chi connectivity index (χ0v) is 9.14. The SMILES string of the molecule is CC#CCNc1cc(Br)nc(C)n1. The lowest BCUT2D eigenvalue weighted by Crippen LogP contribution is -2.02. The van der Waals surface area contributed by atoms with Crippen molar-refractivity contribution in [3.05, 3.63) is 16.5 Å². The van der Waals surface area contributed by atoms with Gasteiger partial charge in [-0.3, -0.25) is 0 Å². The van der Waals surface area contributed by atoms with Gasteiger partial charge in [0.15, 0.2) is 0 Å². The molecule has 0 unspecified atom stereocenters. The van der Waals surface area contributed by atoms with Crippen molar-refractivity contribution in [2.75, 3.05) is 11.9 Å². The fourth-order valence-corrected chi connectivity index (χ4v) is 1.32. The van der Waals surface area contributed by atoms with Crippen molar-refractivity contribution in [2.45, 2.75) is 13.8 Å². The van der Waals surface area contributed by atoms with Gasteiger partial charge in [0.25, 0.3) is 0 Å². The number of aryl methyl sites for hydroxylation is 1. The predicted molar refractivity (Wildman–Crippen MR) is 56.4 cm³/mol. The Morgan fingerprint density at radius 3 is 2.92 bits per heavy atom. The standard InChI is InChI=1S/C9H10BrN3/c1-3-4-5-11-9-6-8(10)12-7(2)13-9/h6H,5H2,1-2H3,(H,11,12,13). The van der Waals surface area contributed by atoms with E-state index in [4.69, 9.17) is 0 Å². The van der Waals surface area contributed by atoms with Gasteiger partial charge in [-0.05, 0) is 29.8 Å². The zero-order chi connectivity index (χ0) is 9.68. The van der Waals surface area contributed by atoms with Crippen molar-refractivity contribution in [3.63, 3.8) is 0 Å². The Morgan fingerprint density at radius 1 is 1.54 bits per heavy atom. The number of aromatic nitrogens is 2. The summed E-state index contributed by atoms with van der Waals surface area (Å²) in [6.45, 7) is 4.27. The van der Waals surface area contributed by atoms with Crippen LogP contribution < -0.4 is 5.32 Å². The highest BCUT2D eigenvalue weighted by atomic mass is 79.9. The molecular formula is C9H10BrN3. The molecule has 0 atom stereocenters. The van der Waals surface area contributed by atoms with E-state index >= 15 is 0 Å². The molecule has 0 aliphatic carbocycles. The van der Waals surface area contributed by atoms with Crippen LogP contribution in [0.5, 0.6) is 0 Å². The fourth-order valence-electron chi connectivity index (χ4n) is 0.845.